The van der Waals surface area contributed by atoms with E-state index in [2.05, 4.69) is 10.6 Å². The second-order valence-electron chi connectivity index (χ2n) is 4.02. The van der Waals surface area contributed by atoms with Crippen LogP contribution < -0.4 is 15.8 Å². The van der Waals surface area contributed by atoms with Crippen LogP contribution in [0, 0.1) is 0 Å². The van der Waals surface area contributed by atoms with Crippen LogP contribution in [-0.2, 0) is 14.8 Å². The first kappa shape index (κ1) is 14.4. The molecule has 0 radical (unpaired) electrons. The summed E-state index contributed by atoms with van der Waals surface area (Å²) in [5.41, 5.74) is 0. The highest BCUT2D eigenvalue weighted by Gasteiger charge is 2.28. The number of nitrogens with zero attached hydrogens (tertiary/aromatic N) is 1. The molecule has 4 N–H and O–H groups in total. The van der Waals surface area contributed by atoms with Gasteiger partial charge in [-0.3, -0.25) is 9.69 Å². The third-order valence-electron chi connectivity index (χ3n) is 2.67. The van der Waals surface area contributed by atoms with Gasteiger partial charge in [-0.1, -0.05) is 0 Å². The predicted octanol–water partition coefficient (Wildman–Crippen LogP) is -2.32. The van der Waals surface area contributed by atoms with Gasteiger partial charge in [-0.05, 0) is 6.92 Å². The molecule has 0 saturated carbocycles. The number of primary sulfonamides is 1. The Kier molecular flexibility index (Phi) is 5.31. The molecule has 0 spiro atoms. The first-order valence-corrected chi connectivity index (χ1v) is 7.38. The second kappa shape index (κ2) is 6.29. The summed E-state index contributed by atoms with van der Waals surface area (Å²) in [6, 6.07) is -0.314. The maximum Gasteiger partial charge on any atom is 0.238 e. The SMILES string of the molecule is CCNC(=O)C1CNCCN1CCS(N)(=O)=O. The molecule has 1 atom stereocenters. The molecule has 1 aliphatic heterocycles. The number of piperazine rings is 1. The number of carbonyl (C=O) groups is 1. The zero-order valence-corrected chi connectivity index (χ0v) is 10.8. The summed E-state index contributed by atoms with van der Waals surface area (Å²) in [5, 5.41) is 10.8. The van der Waals surface area contributed by atoms with Crippen molar-refractivity contribution in [3.8, 4) is 0 Å². The number of hydrogen-bond donors (Lipinski definition) is 3. The summed E-state index contributed by atoms with van der Waals surface area (Å²) >= 11 is 0. The Morgan fingerprint density at radius 3 is 2.88 bits per heavy atom. The minimum atomic E-state index is -3.48. The molecule has 1 fully saturated rings. The molecule has 0 bridgehead atoms. The summed E-state index contributed by atoms with van der Waals surface area (Å²) in [7, 11) is -3.48. The lowest BCUT2D eigenvalue weighted by Gasteiger charge is -2.34. The Labute approximate surface area is 102 Å². The van der Waals surface area contributed by atoms with Crippen molar-refractivity contribution in [3.05, 3.63) is 0 Å². The molecule has 7 nitrogen and oxygen atoms in total. The van der Waals surface area contributed by atoms with E-state index < -0.39 is 10.0 Å². The summed E-state index contributed by atoms with van der Waals surface area (Å²) < 4.78 is 21.8. The molecule has 1 heterocycles. The van der Waals surface area contributed by atoms with Crippen molar-refractivity contribution in [2.24, 2.45) is 5.14 Å². The van der Waals surface area contributed by atoms with Crippen LogP contribution in [0.2, 0.25) is 0 Å². The summed E-state index contributed by atoms with van der Waals surface area (Å²) in [6.07, 6.45) is 0. The van der Waals surface area contributed by atoms with Crippen molar-refractivity contribution in [3.63, 3.8) is 0 Å². The summed E-state index contributed by atoms with van der Waals surface area (Å²) in [5.74, 6) is -0.197. The molecule has 0 aliphatic carbocycles. The Morgan fingerprint density at radius 2 is 2.29 bits per heavy atom. The molecule has 1 unspecified atom stereocenters. The molecular weight excluding hydrogens is 244 g/mol. The zero-order valence-electron chi connectivity index (χ0n) is 9.98. The number of hydrogen-bond acceptors (Lipinski definition) is 5. The van der Waals surface area contributed by atoms with E-state index in [1.165, 1.54) is 0 Å². The van der Waals surface area contributed by atoms with E-state index in [1.807, 2.05) is 11.8 Å². The van der Waals surface area contributed by atoms with Crippen LogP contribution in [0.4, 0.5) is 0 Å². The number of nitrogens with two attached hydrogens (primary N) is 1. The van der Waals surface area contributed by atoms with E-state index in [4.69, 9.17) is 5.14 Å². The van der Waals surface area contributed by atoms with Gasteiger partial charge in [0.1, 0.15) is 6.04 Å². The molecule has 1 saturated heterocycles. The maximum absolute atomic E-state index is 11.8. The third-order valence-corrected chi connectivity index (χ3v) is 3.42. The molecule has 1 aliphatic rings. The third kappa shape index (κ3) is 4.99. The van der Waals surface area contributed by atoms with Crippen molar-refractivity contribution in [2.75, 3.05) is 38.5 Å². The van der Waals surface area contributed by atoms with E-state index in [0.29, 0.717) is 26.2 Å². The molecule has 100 valence electrons. The molecule has 1 rings (SSSR count). The van der Waals surface area contributed by atoms with Gasteiger partial charge in [0.15, 0.2) is 0 Å². The number of carbonyl (C=O) groups excluding carboxylic acids is 1. The fourth-order valence-corrected chi connectivity index (χ4v) is 2.30. The van der Waals surface area contributed by atoms with Crippen molar-refractivity contribution in [2.45, 2.75) is 13.0 Å². The van der Waals surface area contributed by atoms with Gasteiger partial charge in [0.05, 0.1) is 5.75 Å². The monoisotopic (exact) mass is 264 g/mol. The smallest absolute Gasteiger partial charge is 0.238 e. The van der Waals surface area contributed by atoms with Gasteiger partial charge >= 0.3 is 0 Å². The van der Waals surface area contributed by atoms with E-state index in [1.54, 1.807) is 0 Å². The highest BCUT2D eigenvalue weighted by Crippen LogP contribution is 2.03. The quantitative estimate of drug-likeness (QED) is 0.517. The first-order valence-electron chi connectivity index (χ1n) is 5.67. The summed E-state index contributed by atoms with van der Waals surface area (Å²) in [4.78, 5) is 13.6. The van der Waals surface area contributed by atoms with Crippen LogP contribution in [0.25, 0.3) is 0 Å². The Morgan fingerprint density at radius 1 is 1.59 bits per heavy atom. The topological polar surface area (TPSA) is 105 Å². The van der Waals surface area contributed by atoms with Crippen LogP contribution in [0.5, 0.6) is 0 Å². The van der Waals surface area contributed by atoms with Gasteiger partial charge in [0, 0.05) is 32.7 Å². The average Bonchev–Trinajstić information content (AvgIpc) is 2.26. The van der Waals surface area contributed by atoms with E-state index >= 15 is 0 Å². The number of sulfonamides is 1. The summed E-state index contributed by atoms with van der Waals surface area (Å²) in [6.45, 7) is 4.65. The van der Waals surface area contributed by atoms with Gasteiger partial charge in [0.2, 0.25) is 15.9 Å². The molecule has 8 heteroatoms. The highest BCUT2D eigenvalue weighted by molar-refractivity contribution is 7.89. The molecule has 0 aromatic carbocycles. The van der Waals surface area contributed by atoms with Crippen LogP contribution in [-0.4, -0.2) is 63.7 Å². The maximum atomic E-state index is 11.8. The molecular formula is C9H20N4O3S. The first-order chi connectivity index (χ1) is 7.94. The average molecular weight is 264 g/mol. The van der Waals surface area contributed by atoms with Crippen LogP contribution in [0.1, 0.15) is 6.92 Å². The lowest BCUT2D eigenvalue weighted by molar-refractivity contribution is -0.126. The minimum Gasteiger partial charge on any atom is -0.355 e. The number of amides is 1. The normalized spacial score (nSPS) is 22.4. The minimum absolute atomic E-state index is 0.0749. The molecule has 0 aromatic heterocycles. The van der Waals surface area contributed by atoms with Crippen molar-refractivity contribution >= 4 is 15.9 Å². The van der Waals surface area contributed by atoms with E-state index in [-0.39, 0.29) is 17.7 Å². The van der Waals surface area contributed by atoms with Crippen molar-refractivity contribution in [1.29, 1.82) is 0 Å². The molecule has 17 heavy (non-hydrogen) atoms. The highest BCUT2D eigenvalue weighted by atomic mass is 32.2. The largest absolute Gasteiger partial charge is 0.355 e. The Hall–Kier alpha value is -0.700. The van der Waals surface area contributed by atoms with E-state index in [9.17, 15) is 13.2 Å². The molecule has 0 aromatic rings. The zero-order chi connectivity index (χ0) is 12.9. The Bertz CT molecular complexity index is 357. The molecule has 1 amide bonds. The fourth-order valence-electron chi connectivity index (χ4n) is 1.81. The fraction of sp³-hybridized carbons (Fsp3) is 0.889. The van der Waals surface area contributed by atoms with E-state index in [0.717, 1.165) is 6.54 Å². The Balaban J connectivity index is 2.56. The van der Waals surface area contributed by atoms with Gasteiger partial charge in [-0.15, -0.1) is 0 Å². The van der Waals surface area contributed by atoms with Crippen LogP contribution >= 0.6 is 0 Å². The van der Waals surface area contributed by atoms with Gasteiger partial charge in [0.25, 0.3) is 0 Å². The number of likely N-dealkylation sites (N-methyl/N-ethyl adjacent to an activating group) is 1. The van der Waals surface area contributed by atoms with Crippen molar-refractivity contribution < 1.29 is 13.2 Å². The van der Waals surface area contributed by atoms with Crippen LogP contribution in [0.15, 0.2) is 0 Å². The van der Waals surface area contributed by atoms with Crippen LogP contribution in [0.3, 0.4) is 0 Å². The number of nitrogens with one attached hydrogen (secondary N) is 2. The van der Waals surface area contributed by atoms with Gasteiger partial charge in [-0.25, -0.2) is 13.6 Å². The second-order valence-corrected chi connectivity index (χ2v) is 5.75. The van der Waals surface area contributed by atoms with Crippen molar-refractivity contribution in [1.82, 2.24) is 15.5 Å². The predicted molar refractivity (Wildman–Crippen MR) is 64.9 cm³/mol. The van der Waals surface area contributed by atoms with Gasteiger partial charge < -0.3 is 10.6 Å². The standard InChI is InChI=1S/C9H20N4O3S/c1-2-12-9(14)8-7-11-3-4-13(8)5-6-17(10,15)16/h8,11H,2-7H2,1H3,(H,12,14)(H2,10,15,16). The lowest BCUT2D eigenvalue weighted by Crippen LogP contribution is -2.58. The lowest BCUT2D eigenvalue weighted by atomic mass is 10.2. The van der Waals surface area contributed by atoms with Gasteiger partial charge in [-0.2, -0.15) is 0 Å². The number of rotatable bonds is 5.